The third kappa shape index (κ3) is 6.90. The number of methoxy groups -OCH3 is 1. The van der Waals surface area contributed by atoms with Crippen molar-refractivity contribution in [1.82, 2.24) is 0 Å². The van der Waals surface area contributed by atoms with Crippen LogP contribution < -0.4 is 0 Å². The van der Waals surface area contributed by atoms with Gasteiger partial charge in [-0.25, -0.2) is 4.79 Å². The summed E-state index contributed by atoms with van der Waals surface area (Å²) < 4.78 is 11.0. The summed E-state index contributed by atoms with van der Waals surface area (Å²) in [5.74, 6) is -1.29. The average molecular weight is 666 g/mol. The van der Waals surface area contributed by atoms with Gasteiger partial charge in [0.1, 0.15) is 5.71 Å². The molecule has 0 saturated heterocycles. The normalized spacial score (nSPS) is 16.6. The highest BCUT2D eigenvalue weighted by molar-refractivity contribution is 6.46. The van der Waals surface area contributed by atoms with Crippen LogP contribution in [0, 0.1) is 5.92 Å². The number of Topliss-reactive ketones (excluding diaryl/α,β-unsaturated/α-hetero) is 2. The number of aliphatic hydroxyl groups is 1. The van der Waals surface area contributed by atoms with Crippen LogP contribution >= 0.6 is 0 Å². The van der Waals surface area contributed by atoms with Crippen LogP contribution in [0.4, 0.5) is 0 Å². The monoisotopic (exact) mass is 665 g/mol. The van der Waals surface area contributed by atoms with Crippen LogP contribution in [-0.2, 0) is 30.1 Å². The Balaban J connectivity index is 1.54. The topological polar surface area (TPSA) is 111 Å². The molecule has 8 nitrogen and oxygen atoms in total. The van der Waals surface area contributed by atoms with Crippen LogP contribution in [-0.4, -0.2) is 48.7 Å². The molecule has 8 heteroatoms. The summed E-state index contributed by atoms with van der Waals surface area (Å²) in [6.45, 7) is 7.68. The predicted octanol–water partition coefficient (Wildman–Crippen LogP) is 8.09. The van der Waals surface area contributed by atoms with E-state index in [4.69, 9.17) is 14.3 Å². The van der Waals surface area contributed by atoms with Gasteiger partial charge in [0.05, 0.1) is 25.4 Å². The van der Waals surface area contributed by atoms with Gasteiger partial charge < -0.3 is 19.4 Å². The fraction of sp³-hybridized carbons (Fsp3) is 0.415. The molecule has 3 aromatic rings. The Kier molecular flexibility index (Phi) is 11.6. The number of hydrogen-bond donors (Lipinski definition) is 1. The first-order chi connectivity index (χ1) is 23.8. The number of aliphatic hydroxyl groups excluding tert-OH is 1. The van der Waals surface area contributed by atoms with Gasteiger partial charge in [-0.15, -0.1) is 0 Å². The lowest BCUT2D eigenvalue weighted by Gasteiger charge is -2.31. The van der Waals surface area contributed by atoms with E-state index in [-0.39, 0.29) is 35.0 Å². The van der Waals surface area contributed by atoms with E-state index in [1.807, 2.05) is 42.5 Å². The summed E-state index contributed by atoms with van der Waals surface area (Å²) in [5, 5.41) is 14.7. The Morgan fingerprint density at radius 2 is 1.57 bits per heavy atom. The van der Waals surface area contributed by atoms with E-state index in [0.29, 0.717) is 29.7 Å². The lowest BCUT2D eigenvalue weighted by atomic mass is 9.73. The van der Waals surface area contributed by atoms with Gasteiger partial charge in [-0.2, -0.15) is 0 Å². The second kappa shape index (κ2) is 15.9. The number of fused-ring (bicyclic) bond motifs is 3. The molecule has 1 fully saturated rings. The van der Waals surface area contributed by atoms with Gasteiger partial charge in [0.2, 0.25) is 11.6 Å². The lowest BCUT2D eigenvalue weighted by Crippen LogP contribution is -2.41. The minimum atomic E-state index is -1.57. The highest BCUT2D eigenvalue weighted by Crippen LogP contribution is 2.53. The fourth-order valence-electron chi connectivity index (χ4n) is 7.60. The van der Waals surface area contributed by atoms with Gasteiger partial charge in [-0.1, -0.05) is 99.4 Å². The van der Waals surface area contributed by atoms with E-state index in [1.54, 1.807) is 24.3 Å². The predicted molar refractivity (Wildman–Crippen MR) is 190 cm³/mol. The number of benzene rings is 3. The van der Waals surface area contributed by atoms with Crippen LogP contribution in [0.15, 0.2) is 84.7 Å². The molecule has 3 aromatic carbocycles. The molecule has 0 aromatic heterocycles. The lowest BCUT2D eigenvalue weighted by molar-refractivity contribution is -0.149. The van der Waals surface area contributed by atoms with Crippen molar-refractivity contribution in [3.8, 4) is 11.1 Å². The molecule has 2 aliphatic carbocycles. The highest BCUT2D eigenvalue weighted by Gasteiger charge is 2.44. The maximum Gasteiger partial charge on any atom is 0.338 e. The van der Waals surface area contributed by atoms with Crippen LogP contribution in [0.3, 0.4) is 0 Å². The molecule has 1 saturated carbocycles. The Morgan fingerprint density at radius 1 is 0.939 bits per heavy atom. The van der Waals surface area contributed by atoms with E-state index in [2.05, 4.69) is 25.6 Å². The molecule has 1 atom stereocenters. The van der Waals surface area contributed by atoms with Crippen LogP contribution in [0.25, 0.3) is 11.1 Å². The van der Waals surface area contributed by atoms with Crippen molar-refractivity contribution in [2.75, 3.05) is 20.3 Å². The summed E-state index contributed by atoms with van der Waals surface area (Å²) in [6.07, 6.45) is 8.33. The third-order valence-corrected chi connectivity index (χ3v) is 10.5. The number of oxime groups is 1. The Hall–Kier alpha value is -4.40. The molecule has 0 amide bonds. The van der Waals surface area contributed by atoms with Gasteiger partial charge in [0, 0.05) is 30.1 Å². The van der Waals surface area contributed by atoms with Crippen LogP contribution in [0.2, 0.25) is 0 Å². The minimum Gasteiger partial charge on any atom is -0.502 e. The second-order valence-corrected chi connectivity index (χ2v) is 12.9. The largest absolute Gasteiger partial charge is 0.502 e. The molecule has 0 bridgehead atoms. The van der Waals surface area contributed by atoms with E-state index in [0.717, 1.165) is 67.2 Å². The Morgan fingerprint density at radius 3 is 2.16 bits per heavy atom. The highest BCUT2D eigenvalue weighted by atomic mass is 16.7. The van der Waals surface area contributed by atoms with Crippen molar-refractivity contribution in [2.45, 2.75) is 82.7 Å². The van der Waals surface area contributed by atoms with E-state index >= 15 is 0 Å². The van der Waals surface area contributed by atoms with Crippen molar-refractivity contribution >= 4 is 23.2 Å². The molecule has 0 aliphatic heterocycles. The average Bonchev–Trinajstić information content (AvgIpc) is 3.44. The maximum atomic E-state index is 14.2. The SMILES string of the molecule is C=COCCC/C(=N\OC(=O)C1CCCCC1)C(=O)c1ccc2c(c1)-c1cc(C(=O)C(CO)(OC)c3ccccc3)ccc1C2(CC)CC. The molecule has 0 heterocycles. The number of carbonyl (C=O) groups excluding carboxylic acids is 3. The molecular weight excluding hydrogens is 618 g/mol. The standard InChI is InChI=1S/C41H47NO7/c1-5-40(6-2)34-22-20-29(37(44)36(19-14-24-48-7-3)42-49-39(46)28-15-10-8-11-16-28)25-32(34)33-26-30(21-23-35(33)40)38(45)41(27-43,47-4)31-17-12-9-13-18-31/h7,9,12-13,17-18,20-23,25-26,28,43H,3,5-6,8,10-11,14-16,19,24,27H2,1-2,4H3/b42-36+. The maximum absolute atomic E-state index is 14.2. The fourth-order valence-corrected chi connectivity index (χ4v) is 7.60. The number of ether oxygens (including phenoxy) is 2. The minimum absolute atomic E-state index is 0.145. The molecule has 5 rings (SSSR count). The summed E-state index contributed by atoms with van der Waals surface area (Å²) >= 11 is 0. The van der Waals surface area contributed by atoms with Crippen LogP contribution in [0.5, 0.6) is 0 Å². The number of hydrogen-bond acceptors (Lipinski definition) is 8. The second-order valence-electron chi connectivity index (χ2n) is 12.9. The third-order valence-electron chi connectivity index (χ3n) is 10.5. The molecule has 0 radical (unpaired) electrons. The van der Waals surface area contributed by atoms with Crippen molar-refractivity contribution in [3.63, 3.8) is 0 Å². The van der Waals surface area contributed by atoms with Crippen molar-refractivity contribution in [1.29, 1.82) is 0 Å². The number of nitrogens with zero attached hydrogens (tertiary/aromatic N) is 1. The summed E-state index contributed by atoms with van der Waals surface area (Å²) in [5.41, 5.74) is 3.51. The number of rotatable bonds is 16. The molecular formula is C41H47NO7. The van der Waals surface area contributed by atoms with E-state index < -0.39 is 18.2 Å². The Bertz CT molecular complexity index is 1700. The molecule has 258 valence electrons. The summed E-state index contributed by atoms with van der Waals surface area (Å²) in [4.78, 5) is 46.5. The zero-order valence-electron chi connectivity index (χ0n) is 28.8. The summed E-state index contributed by atoms with van der Waals surface area (Å²) in [6, 6.07) is 20.3. The first-order valence-electron chi connectivity index (χ1n) is 17.4. The number of carbonyl (C=O) groups is 3. The smallest absolute Gasteiger partial charge is 0.338 e. The first-order valence-corrected chi connectivity index (χ1v) is 17.4. The molecule has 1 N–H and O–H groups in total. The molecule has 1 unspecified atom stereocenters. The van der Waals surface area contributed by atoms with Crippen LogP contribution in [0.1, 0.15) is 109 Å². The van der Waals surface area contributed by atoms with Gasteiger partial charge in [-0.05, 0) is 72.1 Å². The van der Waals surface area contributed by atoms with Gasteiger partial charge >= 0.3 is 5.97 Å². The number of ketones is 2. The quantitative estimate of drug-likeness (QED) is 0.0411. The zero-order chi connectivity index (χ0) is 35.0. The van der Waals surface area contributed by atoms with Crippen molar-refractivity contribution < 1.29 is 33.8 Å². The zero-order valence-corrected chi connectivity index (χ0v) is 28.8. The Labute approximate surface area is 289 Å². The molecule has 49 heavy (non-hydrogen) atoms. The van der Waals surface area contributed by atoms with E-state index in [1.165, 1.54) is 13.4 Å². The van der Waals surface area contributed by atoms with Gasteiger partial charge in [-0.3, -0.25) is 9.59 Å². The van der Waals surface area contributed by atoms with Gasteiger partial charge in [0.15, 0.2) is 5.60 Å². The van der Waals surface area contributed by atoms with E-state index in [9.17, 15) is 19.5 Å². The molecule has 0 spiro atoms. The summed E-state index contributed by atoms with van der Waals surface area (Å²) in [7, 11) is 1.43. The van der Waals surface area contributed by atoms with Crippen molar-refractivity contribution in [3.05, 3.63) is 107 Å². The first kappa shape index (κ1) is 35.9. The van der Waals surface area contributed by atoms with Gasteiger partial charge in [0.25, 0.3) is 0 Å². The molecule has 2 aliphatic rings. The van der Waals surface area contributed by atoms with Crippen molar-refractivity contribution in [2.24, 2.45) is 11.1 Å².